The summed E-state index contributed by atoms with van der Waals surface area (Å²) >= 11 is 8.14. The van der Waals surface area contributed by atoms with Gasteiger partial charge in [0.25, 0.3) is 0 Å². The van der Waals surface area contributed by atoms with Gasteiger partial charge >= 0.3 is 0 Å². The van der Waals surface area contributed by atoms with E-state index in [4.69, 9.17) is 21.1 Å². The van der Waals surface area contributed by atoms with Crippen LogP contribution >= 0.6 is 23.4 Å². The average Bonchev–Trinajstić information content (AvgIpc) is 3.02. The number of hydrogen-bond donors (Lipinski definition) is 0. The molecule has 2 aromatic carbocycles. The van der Waals surface area contributed by atoms with Crippen LogP contribution in [0, 0.1) is 0 Å². The topological polar surface area (TPSA) is 42.0 Å². The molecular weight excluding hydrogens is 384 g/mol. The van der Waals surface area contributed by atoms with Crippen molar-refractivity contribution in [1.82, 2.24) is 4.90 Å². The standard InChI is InChI=1S/C20H23ClN2O3S/c1-22(2)14-6-8-16(17(21)9-14)20-23(19(24)12-27-20)11-13-5-7-15(25-3)10-18(13)26-4/h5-10,20H,11-12H2,1-4H3. The molecule has 1 unspecified atom stereocenters. The molecule has 0 radical (unpaired) electrons. The largest absolute Gasteiger partial charge is 0.497 e. The van der Waals surface area contributed by atoms with Crippen LogP contribution in [-0.2, 0) is 11.3 Å². The lowest BCUT2D eigenvalue weighted by Gasteiger charge is -2.26. The molecule has 7 heteroatoms. The predicted octanol–water partition coefficient (Wildman–Crippen LogP) is 4.20. The van der Waals surface area contributed by atoms with Crippen LogP contribution in [0.5, 0.6) is 11.5 Å². The minimum atomic E-state index is -0.118. The highest BCUT2D eigenvalue weighted by atomic mass is 35.5. The van der Waals surface area contributed by atoms with E-state index in [-0.39, 0.29) is 11.3 Å². The van der Waals surface area contributed by atoms with Gasteiger partial charge in [-0.3, -0.25) is 4.79 Å². The van der Waals surface area contributed by atoms with Gasteiger partial charge in [0.05, 0.1) is 26.5 Å². The molecule has 1 aliphatic rings. The first kappa shape index (κ1) is 19.7. The predicted molar refractivity (Wildman–Crippen MR) is 111 cm³/mol. The molecule has 1 aliphatic heterocycles. The van der Waals surface area contributed by atoms with Gasteiger partial charge in [-0.25, -0.2) is 0 Å². The fourth-order valence-electron chi connectivity index (χ4n) is 3.04. The summed E-state index contributed by atoms with van der Waals surface area (Å²) < 4.78 is 10.7. The Kier molecular flexibility index (Phi) is 6.07. The van der Waals surface area contributed by atoms with Crippen molar-refractivity contribution in [3.05, 3.63) is 52.5 Å². The molecule has 5 nitrogen and oxygen atoms in total. The minimum Gasteiger partial charge on any atom is -0.497 e. The van der Waals surface area contributed by atoms with E-state index < -0.39 is 0 Å². The minimum absolute atomic E-state index is 0.0932. The third-order valence-electron chi connectivity index (χ3n) is 4.57. The number of hydrogen-bond acceptors (Lipinski definition) is 5. The number of ether oxygens (including phenoxy) is 2. The Morgan fingerprint density at radius 1 is 1.19 bits per heavy atom. The summed E-state index contributed by atoms with van der Waals surface area (Å²) in [7, 11) is 7.18. The molecule has 1 atom stereocenters. The lowest BCUT2D eigenvalue weighted by molar-refractivity contribution is -0.128. The Morgan fingerprint density at radius 2 is 1.96 bits per heavy atom. The number of benzene rings is 2. The van der Waals surface area contributed by atoms with E-state index in [1.807, 2.05) is 60.3 Å². The Hall–Kier alpha value is -2.05. The van der Waals surface area contributed by atoms with Crippen molar-refractivity contribution >= 4 is 35.0 Å². The molecule has 0 spiro atoms. The van der Waals surface area contributed by atoms with E-state index in [1.165, 1.54) is 0 Å². The zero-order valence-corrected chi connectivity index (χ0v) is 17.4. The second-order valence-corrected chi connectivity index (χ2v) is 7.94. The molecule has 0 aromatic heterocycles. The molecule has 27 heavy (non-hydrogen) atoms. The van der Waals surface area contributed by atoms with Crippen molar-refractivity contribution in [3.8, 4) is 11.5 Å². The lowest BCUT2D eigenvalue weighted by atomic mass is 10.1. The van der Waals surface area contributed by atoms with E-state index in [1.54, 1.807) is 26.0 Å². The van der Waals surface area contributed by atoms with Crippen molar-refractivity contribution in [2.45, 2.75) is 11.9 Å². The van der Waals surface area contributed by atoms with Crippen LogP contribution in [0.3, 0.4) is 0 Å². The van der Waals surface area contributed by atoms with Crippen LogP contribution in [0.25, 0.3) is 0 Å². The van der Waals surface area contributed by atoms with Gasteiger partial charge in [-0.15, -0.1) is 11.8 Å². The molecule has 0 saturated carbocycles. The van der Waals surface area contributed by atoms with Gasteiger partial charge in [-0.05, 0) is 24.3 Å². The van der Waals surface area contributed by atoms with Gasteiger partial charge in [-0.2, -0.15) is 0 Å². The Bertz CT molecular complexity index is 844. The number of halogens is 1. The van der Waals surface area contributed by atoms with Crippen LogP contribution in [0.2, 0.25) is 5.02 Å². The molecule has 1 heterocycles. The van der Waals surface area contributed by atoms with Crippen LogP contribution in [0.4, 0.5) is 5.69 Å². The number of amides is 1. The number of anilines is 1. The number of carbonyl (C=O) groups excluding carboxylic acids is 1. The zero-order chi connectivity index (χ0) is 19.6. The number of rotatable bonds is 6. The van der Waals surface area contributed by atoms with E-state index >= 15 is 0 Å². The third-order valence-corrected chi connectivity index (χ3v) is 6.13. The van der Waals surface area contributed by atoms with Crippen molar-refractivity contribution in [1.29, 1.82) is 0 Å². The van der Waals surface area contributed by atoms with Crippen LogP contribution in [0.15, 0.2) is 36.4 Å². The van der Waals surface area contributed by atoms with Gasteiger partial charge in [0, 0.05) is 42.0 Å². The summed E-state index contributed by atoms with van der Waals surface area (Å²) in [6, 6.07) is 11.6. The summed E-state index contributed by atoms with van der Waals surface area (Å²) in [4.78, 5) is 16.4. The van der Waals surface area contributed by atoms with Crippen LogP contribution in [0.1, 0.15) is 16.5 Å². The summed E-state index contributed by atoms with van der Waals surface area (Å²) in [6.07, 6.45) is 0. The second kappa shape index (κ2) is 8.31. The lowest BCUT2D eigenvalue weighted by Crippen LogP contribution is -2.28. The highest BCUT2D eigenvalue weighted by Crippen LogP contribution is 2.43. The summed E-state index contributed by atoms with van der Waals surface area (Å²) in [5.41, 5.74) is 2.91. The maximum Gasteiger partial charge on any atom is 0.234 e. The monoisotopic (exact) mass is 406 g/mol. The molecule has 1 amide bonds. The van der Waals surface area contributed by atoms with E-state index in [9.17, 15) is 4.79 Å². The third kappa shape index (κ3) is 4.12. The molecule has 1 saturated heterocycles. The van der Waals surface area contributed by atoms with Crippen molar-refractivity contribution in [2.24, 2.45) is 0 Å². The molecule has 2 aromatic rings. The molecular formula is C20H23ClN2O3S. The molecule has 3 rings (SSSR count). The highest BCUT2D eigenvalue weighted by molar-refractivity contribution is 8.00. The van der Waals surface area contributed by atoms with Gasteiger partial charge in [0.15, 0.2) is 0 Å². The smallest absolute Gasteiger partial charge is 0.234 e. The number of carbonyl (C=O) groups is 1. The Morgan fingerprint density at radius 3 is 2.59 bits per heavy atom. The van der Waals surface area contributed by atoms with Crippen molar-refractivity contribution < 1.29 is 14.3 Å². The van der Waals surface area contributed by atoms with Crippen LogP contribution < -0.4 is 14.4 Å². The van der Waals surface area contributed by atoms with Crippen LogP contribution in [-0.4, -0.2) is 44.9 Å². The SMILES string of the molecule is COc1ccc(CN2C(=O)CSC2c2ccc(N(C)C)cc2Cl)c(OC)c1. The number of methoxy groups -OCH3 is 2. The first-order chi connectivity index (χ1) is 12.9. The summed E-state index contributed by atoms with van der Waals surface area (Å²) in [5, 5.41) is 0.549. The molecule has 144 valence electrons. The molecule has 0 N–H and O–H groups in total. The van der Waals surface area contributed by atoms with Gasteiger partial charge < -0.3 is 19.3 Å². The van der Waals surface area contributed by atoms with E-state index in [0.29, 0.717) is 23.1 Å². The van der Waals surface area contributed by atoms with Gasteiger partial charge in [0.1, 0.15) is 16.9 Å². The first-order valence-electron chi connectivity index (χ1n) is 8.53. The maximum atomic E-state index is 12.6. The summed E-state index contributed by atoms with van der Waals surface area (Å²) in [5.74, 6) is 1.95. The van der Waals surface area contributed by atoms with Crippen molar-refractivity contribution in [3.63, 3.8) is 0 Å². The Balaban J connectivity index is 1.89. The van der Waals surface area contributed by atoms with Crippen molar-refractivity contribution in [2.75, 3.05) is 39.0 Å². The van der Waals surface area contributed by atoms with Gasteiger partial charge in [0.2, 0.25) is 5.91 Å². The number of thioether (sulfide) groups is 1. The normalized spacial score (nSPS) is 16.6. The first-order valence-corrected chi connectivity index (χ1v) is 9.96. The fourth-order valence-corrected chi connectivity index (χ4v) is 4.61. The number of nitrogens with zero attached hydrogens (tertiary/aromatic N) is 2. The zero-order valence-electron chi connectivity index (χ0n) is 15.9. The quantitative estimate of drug-likeness (QED) is 0.719. The maximum absolute atomic E-state index is 12.6. The van der Waals surface area contributed by atoms with E-state index in [0.717, 1.165) is 22.6 Å². The van der Waals surface area contributed by atoms with Gasteiger partial charge in [-0.1, -0.05) is 17.7 Å². The summed E-state index contributed by atoms with van der Waals surface area (Å²) in [6.45, 7) is 0.454. The molecule has 1 fully saturated rings. The fraction of sp³-hybridized carbons (Fsp3) is 0.350. The van der Waals surface area contributed by atoms with E-state index in [2.05, 4.69) is 0 Å². The molecule has 0 aliphatic carbocycles. The molecule has 0 bridgehead atoms. The second-order valence-electron chi connectivity index (χ2n) is 6.46. The Labute approximate surface area is 169 Å². The average molecular weight is 407 g/mol. The highest BCUT2D eigenvalue weighted by Gasteiger charge is 2.34.